The molecule has 0 atom stereocenters. The first-order chi connectivity index (χ1) is 11.8. The van der Waals surface area contributed by atoms with E-state index in [-0.39, 0.29) is 10.8 Å². The van der Waals surface area contributed by atoms with Gasteiger partial charge in [0.05, 0.1) is 11.4 Å². The van der Waals surface area contributed by atoms with Crippen LogP contribution in [0.4, 0.5) is 10.1 Å². The van der Waals surface area contributed by atoms with Crippen LogP contribution < -0.4 is 15.4 Å². The van der Waals surface area contributed by atoms with Gasteiger partial charge in [0.1, 0.15) is 5.82 Å². The molecule has 0 bridgehead atoms. The highest BCUT2D eigenvalue weighted by Crippen LogP contribution is 2.11. The fourth-order valence-corrected chi connectivity index (χ4v) is 2.89. The van der Waals surface area contributed by atoms with Crippen LogP contribution in [0.15, 0.2) is 53.4 Å². The second-order valence-electron chi connectivity index (χ2n) is 4.98. The molecule has 2 amide bonds. The third-order valence-corrected chi connectivity index (χ3v) is 4.62. The Morgan fingerprint density at radius 2 is 1.60 bits per heavy atom. The predicted octanol–water partition coefficient (Wildman–Crippen LogP) is 1.10. The van der Waals surface area contributed by atoms with Crippen molar-refractivity contribution in [2.45, 2.75) is 4.90 Å². The number of nitrogens with one attached hydrogen (secondary N) is 3. The van der Waals surface area contributed by atoms with E-state index in [1.54, 1.807) is 0 Å². The van der Waals surface area contributed by atoms with Gasteiger partial charge in [0, 0.05) is 18.3 Å². The lowest BCUT2D eigenvalue weighted by Gasteiger charge is -2.08. The topological polar surface area (TPSA) is 104 Å². The second-order valence-corrected chi connectivity index (χ2v) is 6.75. The number of carbonyl (C=O) groups excluding carboxylic acids is 2. The Labute approximate surface area is 144 Å². The van der Waals surface area contributed by atoms with Crippen LogP contribution in [0.25, 0.3) is 0 Å². The summed E-state index contributed by atoms with van der Waals surface area (Å²) >= 11 is 0. The van der Waals surface area contributed by atoms with Gasteiger partial charge in [-0.25, -0.2) is 17.5 Å². The zero-order chi connectivity index (χ0) is 18.4. The summed E-state index contributed by atoms with van der Waals surface area (Å²) in [7, 11) is -2.41. The molecule has 0 aliphatic heterocycles. The number of anilines is 1. The second kappa shape index (κ2) is 7.86. The van der Waals surface area contributed by atoms with Crippen LogP contribution in [0, 0.1) is 5.82 Å². The molecule has 3 N–H and O–H groups in total. The molecule has 0 spiro atoms. The monoisotopic (exact) mass is 365 g/mol. The van der Waals surface area contributed by atoms with Crippen LogP contribution in [0.5, 0.6) is 0 Å². The number of benzene rings is 2. The Bertz CT molecular complexity index is 865. The summed E-state index contributed by atoms with van der Waals surface area (Å²) in [4.78, 5) is 23.1. The van der Waals surface area contributed by atoms with Crippen LogP contribution in [0.3, 0.4) is 0 Å². The summed E-state index contributed by atoms with van der Waals surface area (Å²) in [6.45, 7) is -0.489. The summed E-state index contributed by atoms with van der Waals surface area (Å²) in [5.41, 5.74) is 0.844. The molecule has 2 aromatic rings. The van der Waals surface area contributed by atoms with Crippen molar-refractivity contribution in [1.82, 2.24) is 10.0 Å². The summed E-state index contributed by atoms with van der Waals surface area (Å²) in [5.74, 6) is -1.40. The Balaban J connectivity index is 1.94. The fourth-order valence-electron chi connectivity index (χ4n) is 1.91. The molecule has 7 nitrogen and oxygen atoms in total. The van der Waals surface area contributed by atoms with Gasteiger partial charge in [0.25, 0.3) is 5.91 Å². The first-order valence-corrected chi connectivity index (χ1v) is 8.67. The average molecular weight is 365 g/mol. The standard InChI is InChI=1S/C16H16FN3O4S/c1-18-16(22)11-2-6-13(7-3-11)20-15(21)10-19-25(23,24)14-8-4-12(17)5-9-14/h2-9,19H,10H2,1H3,(H,18,22)(H,20,21). The normalized spacial score (nSPS) is 11.0. The zero-order valence-electron chi connectivity index (χ0n) is 13.2. The number of rotatable bonds is 6. The summed E-state index contributed by atoms with van der Waals surface area (Å²) in [6, 6.07) is 10.3. The van der Waals surface area contributed by atoms with Crippen LogP contribution in [-0.4, -0.2) is 33.8 Å². The average Bonchev–Trinajstić information content (AvgIpc) is 2.60. The van der Waals surface area contributed by atoms with E-state index in [4.69, 9.17) is 0 Å². The number of sulfonamides is 1. The van der Waals surface area contributed by atoms with E-state index < -0.39 is 28.3 Å². The minimum atomic E-state index is -3.92. The Morgan fingerprint density at radius 1 is 1.00 bits per heavy atom. The van der Waals surface area contributed by atoms with Gasteiger partial charge in [0.15, 0.2) is 0 Å². The van der Waals surface area contributed by atoms with Crippen molar-refractivity contribution in [3.8, 4) is 0 Å². The molecule has 0 saturated heterocycles. The van der Waals surface area contributed by atoms with Gasteiger partial charge in [-0.05, 0) is 48.5 Å². The van der Waals surface area contributed by atoms with Gasteiger partial charge in [-0.15, -0.1) is 0 Å². The molecule has 2 aromatic carbocycles. The van der Waals surface area contributed by atoms with Crippen molar-refractivity contribution in [3.05, 3.63) is 59.9 Å². The lowest BCUT2D eigenvalue weighted by atomic mass is 10.2. The van der Waals surface area contributed by atoms with E-state index in [0.29, 0.717) is 11.3 Å². The van der Waals surface area contributed by atoms with Gasteiger partial charge < -0.3 is 10.6 Å². The minimum absolute atomic E-state index is 0.142. The maximum atomic E-state index is 12.8. The third kappa shape index (κ3) is 5.10. The lowest BCUT2D eigenvalue weighted by Crippen LogP contribution is -2.32. The minimum Gasteiger partial charge on any atom is -0.355 e. The molecule has 0 fully saturated rings. The number of hydrogen-bond donors (Lipinski definition) is 3. The molecule has 0 unspecified atom stereocenters. The van der Waals surface area contributed by atoms with Crippen LogP contribution >= 0.6 is 0 Å². The smallest absolute Gasteiger partial charge is 0.251 e. The molecule has 25 heavy (non-hydrogen) atoms. The van der Waals surface area contributed by atoms with Gasteiger partial charge in [-0.1, -0.05) is 0 Å². The van der Waals surface area contributed by atoms with Gasteiger partial charge >= 0.3 is 0 Å². The highest BCUT2D eigenvalue weighted by Gasteiger charge is 2.15. The highest BCUT2D eigenvalue weighted by atomic mass is 32.2. The first kappa shape index (κ1) is 18.6. The van der Waals surface area contributed by atoms with E-state index >= 15 is 0 Å². The van der Waals surface area contributed by atoms with Crippen LogP contribution in [0.2, 0.25) is 0 Å². The van der Waals surface area contributed by atoms with Crippen LogP contribution in [0.1, 0.15) is 10.4 Å². The number of halogens is 1. The number of amides is 2. The van der Waals surface area contributed by atoms with E-state index in [1.165, 1.54) is 31.3 Å². The SMILES string of the molecule is CNC(=O)c1ccc(NC(=O)CNS(=O)(=O)c2ccc(F)cc2)cc1. The third-order valence-electron chi connectivity index (χ3n) is 3.20. The lowest BCUT2D eigenvalue weighted by molar-refractivity contribution is -0.115. The first-order valence-electron chi connectivity index (χ1n) is 7.19. The molecule has 0 aliphatic carbocycles. The van der Waals surface area contributed by atoms with Gasteiger partial charge in [0.2, 0.25) is 15.9 Å². The molecule has 0 saturated carbocycles. The predicted molar refractivity (Wildman–Crippen MR) is 90.1 cm³/mol. The molecule has 2 rings (SSSR count). The van der Waals surface area contributed by atoms with E-state index in [0.717, 1.165) is 24.3 Å². The zero-order valence-corrected chi connectivity index (χ0v) is 14.1. The van der Waals surface area contributed by atoms with Crippen LogP contribution in [-0.2, 0) is 14.8 Å². The van der Waals surface area contributed by atoms with Gasteiger partial charge in [-0.3, -0.25) is 9.59 Å². The molecule has 0 heterocycles. The maximum Gasteiger partial charge on any atom is 0.251 e. The maximum absolute atomic E-state index is 12.8. The molecule has 9 heteroatoms. The Morgan fingerprint density at radius 3 is 2.16 bits per heavy atom. The van der Waals surface area contributed by atoms with Crippen molar-refractivity contribution in [1.29, 1.82) is 0 Å². The molecule has 0 aliphatic rings. The fraction of sp³-hybridized carbons (Fsp3) is 0.125. The summed E-state index contributed by atoms with van der Waals surface area (Å²) in [6.07, 6.45) is 0. The molecule has 0 radical (unpaired) electrons. The van der Waals surface area contributed by atoms with Crippen molar-refractivity contribution >= 4 is 27.5 Å². The van der Waals surface area contributed by atoms with Crippen molar-refractivity contribution in [3.63, 3.8) is 0 Å². The highest BCUT2D eigenvalue weighted by molar-refractivity contribution is 7.89. The summed E-state index contributed by atoms with van der Waals surface area (Å²) < 4.78 is 38.9. The summed E-state index contributed by atoms with van der Waals surface area (Å²) in [5, 5.41) is 4.97. The van der Waals surface area contributed by atoms with Gasteiger partial charge in [-0.2, -0.15) is 0 Å². The molecule has 132 valence electrons. The van der Waals surface area contributed by atoms with Crippen molar-refractivity contribution in [2.24, 2.45) is 0 Å². The quantitative estimate of drug-likeness (QED) is 0.713. The number of hydrogen-bond acceptors (Lipinski definition) is 4. The number of carbonyl (C=O) groups is 2. The molecular formula is C16H16FN3O4S. The Kier molecular flexibility index (Phi) is 5.84. The largest absolute Gasteiger partial charge is 0.355 e. The molecule has 0 aromatic heterocycles. The van der Waals surface area contributed by atoms with E-state index in [2.05, 4.69) is 15.4 Å². The Hall–Kier alpha value is -2.78. The van der Waals surface area contributed by atoms with Crippen molar-refractivity contribution in [2.75, 3.05) is 18.9 Å². The van der Waals surface area contributed by atoms with E-state index in [9.17, 15) is 22.4 Å². The van der Waals surface area contributed by atoms with Crippen molar-refractivity contribution < 1.29 is 22.4 Å². The molecular weight excluding hydrogens is 349 g/mol. The van der Waals surface area contributed by atoms with E-state index in [1.807, 2.05) is 0 Å².